The molecule has 7 nitrogen and oxygen atoms in total. The quantitative estimate of drug-likeness (QED) is 0.0707. The Morgan fingerprint density at radius 1 is 1.48 bits per heavy atom. The van der Waals surface area contributed by atoms with Gasteiger partial charge in [-0.3, -0.25) is 4.79 Å². The highest BCUT2D eigenvalue weighted by atomic mass is 127. The molecule has 1 fully saturated rings. The summed E-state index contributed by atoms with van der Waals surface area (Å²) in [5, 5.41) is 24.7. The molecule has 170 valence electrons. The molecule has 0 aromatic heterocycles. The van der Waals surface area contributed by atoms with Gasteiger partial charge < -0.3 is 14.9 Å². The predicted molar refractivity (Wildman–Crippen MR) is 129 cm³/mol. The summed E-state index contributed by atoms with van der Waals surface area (Å²) in [7, 11) is 0. The first kappa shape index (κ1) is 25.6. The highest BCUT2D eigenvalue weighted by molar-refractivity contribution is 14.1. The first-order chi connectivity index (χ1) is 14.8. The summed E-state index contributed by atoms with van der Waals surface area (Å²) in [6, 6.07) is 5.84. The smallest absolute Gasteiger partial charge is 0.308 e. The Morgan fingerprint density at radius 3 is 3.00 bits per heavy atom. The minimum atomic E-state index is -1.00. The van der Waals surface area contributed by atoms with Crippen molar-refractivity contribution in [2.75, 3.05) is 6.61 Å². The van der Waals surface area contributed by atoms with E-state index in [0.29, 0.717) is 31.6 Å². The summed E-state index contributed by atoms with van der Waals surface area (Å²) >= 11 is 2.17. The van der Waals surface area contributed by atoms with E-state index in [1.165, 1.54) is 5.56 Å². The van der Waals surface area contributed by atoms with E-state index in [2.05, 4.69) is 32.6 Å². The number of benzene rings is 1. The summed E-state index contributed by atoms with van der Waals surface area (Å²) in [5.41, 5.74) is 9.37. The second kappa shape index (κ2) is 13.1. The van der Waals surface area contributed by atoms with Crippen LogP contribution in [0.4, 0.5) is 5.69 Å². The van der Waals surface area contributed by atoms with Gasteiger partial charge in [0.2, 0.25) is 0 Å². The maximum absolute atomic E-state index is 11.7. The first-order valence-electron chi connectivity index (χ1n) is 10.9. The van der Waals surface area contributed by atoms with Crippen LogP contribution >= 0.6 is 22.6 Å². The number of aliphatic hydroxyl groups excluding tert-OH is 1. The second-order valence-electron chi connectivity index (χ2n) is 8.24. The molecular weight excluding hydrogens is 509 g/mol. The summed E-state index contributed by atoms with van der Waals surface area (Å²) in [6.45, 7) is 2.09. The zero-order chi connectivity index (χ0) is 22.7. The topological polar surface area (TPSA) is 116 Å². The molecule has 0 heterocycles. The van der Waals surface area contributed by atoms with Crippen LogP contribution in [0.15, 0.2) is 35.5 Å². The van der Waals surface area contributed by atoms with E-state index in [1.54, 1.807) is 6.92 Å². The predicted octanol–water partition coefficient (Wildman–Crippen LogP) is 5.74. The molecule has 31 heavy (non-hydrogen) atoms. The molecule has 1 aliphatic rings. The highest BCUT2D eigenvalue weighted by Crippen LogP contribution is 2.36. The van der Waals surface area contributed by atoms with Crippen molar-refractivity contribution in [1.29, 1.82) is 0 Å². The van der Waals surface area contributed by atoms with Gasteiger partial charge in [-0.05, 0) is 97.5 Å². The van der Waals surface area contributed by atoms with E-state index in [4.69, 9.17) is 10.3 Å². The Morgan fingerprint density at radius 2 is 2.29 bits per heavy atom. The largest absolute Gasteiger partial charge is 0.466 e. The van der Waals surface area contributed by atoms with Crippen molar-refractivity contribution in [2.24, 2.45) is 11.0 Å². The molecule has 2 N–H and O–H groups in total. The van der Waals surface area contributed by atoms with Crippen LogP contribution in [-0.2, 0) is 16.0 Å². The van der Waals surface area contributed by atoms with Gasteiger partial charge >= 0.3 is 5.97 Å². The lowest BCUT2D eigenvalue weighted by Gasteiger charge is -2.35. The number of hydrogen-bond acceptors (Lipinski definition) is 5. The molecule has 1 unspecified atom stereocenters. The summed E-state index contributed by atoms with van der Waals surface area (Å²) in [5.74, 6) is -0.184. The van der Waals surface area contributed by atoms with Gasteiger partial charge in [-0.15, -0.1) is 0 Å². The van der Waals surface area contributed by atoms with Crippen molar-refractivity contribution in [3.05, 3.63) is 49.9 Å². The minimum Gasteiger partial charge on any atom is -0.466 e. The maximum atomic E-state index is 11.7. The van der Waals surface area contributed by atoms with E-state index >= 15 is 0 Å². The number of carbonyl (C=O) groups is 1. The third-order valence-electron chi connectivity index (χ3n) is 5.62. The number of azide groups is 1. The van der Waals surface area contributed by atoms with Crippen LogP contribution < -0.4 is 0 Å². The Labute approximate surface area is 197 Å². The van der Waals surface area contributed by atoms with Gasteiger partial charge in [0.25, 0.3) is 0 Å². The van der Waals surface area contributed by atoms with Gasteiger partial charge in [-0.2, -0.15) is 0 Å². The summed E-state index contributed by atoms with van der Waals surface area (Å²) in [6.07, 6.45) is 9.77. The normalized spacial score (nSPS) is 22.1. The molecule has 1 aromatic carbocycles. The van der Waals surface area contributed by atoms with Crippen molar-refractivity contribution in [3.8, 4) is 0 Å². The number of ether oxygens (including phenoxy) is 1. The second-order valence-corrected chi connectivity index (χ2v) is 9.40. The van der Waals surface area contributed by atoms with Crippen molar-refractivity contribution in [2.45, 2.75) is 76.4 Å². The highest BCUT2D eigenvalue weighted by Gasteiger charge is 2.35. The SMILES string of the molecule is CCOC(=O)C[C@@]1(O)CCC[C@H](/C=C/C(O)CCCCc2ccc(N=[N+]=[N-])c(I)c2)C1. The number of allylic oxidation sites excluding steroid dienone is 1. The maximum Gasteiger partial charge on any atom is 0.308 e. The lowest BCUT2D eigenvalue weighted by Crippen LogP contribution is -2.37. The van der Waals surface area contributed by atoms with Gasteiger partial charge in [-0.25, -0.2) is 0 Å². The van der Waals surface area contributed by atoms with Crippen LogP contribution in [0.5, 0.6) is 0 Å². The number of rotatable bonds is 11. The van der Waals surface area contributed by atoms with Crippen LogP contribution in [0.1, 0.15) is 63.9 Å². The average molecular weight is 541 g/mol. The van der Waals surface area contributed by atoms with E-state index < -0.39 is 11.7 Å². The average Bonchev–Trinajstić information content (AvgIpc) is 2.71. The van der Waals surface area contributed by atoms with Gasteiger partial charge in [0.15, 0.2) is 0 Å². The molecule has 3 atom stereocenters. The Kier molecular flexibility index (Phi) is 10.8. The van der Waals surface area contributed by atoms with E-state index in [0.717, 1.165) is 35.7 Å². The zero-order valence-corrected chi connectivity index (χ0v) is 20.2. The number of unbranched alkanes of at least 4 members (excludes halogenated alkanes) is 1. The first-order valence-corrected chi connectivity index (χ1v) is 12.0. The molecule has 0 saturated heterocycles. The number of hydrogen-bond donors (Lipinski definition) is 2. The number of halogens is 1. The third kappa shape index (κ3) is 9.19. The van der Waals surface area contributed by atoms with Crippen LogP contribution in [-0.4, -0.2) is 34.5 Å². The molecule has 1 aromatic rings. The zero-order valence-electron chi connectivity index (χ0n) is 18.0. The molecule has 0 bridgehead atoms. The fourth-order valence-electron chi connectivity index (χ4n) is 4.09. The van der Waals surface area contributed by atoms with Gasteiger partial charge in [-0.1, -0.05) is 35.8 Å². The lowest BCUT2D eigenvalue weighted by molar-refractivity contribution is -0.150. The van der Waals surface area contributed by atoms with E-state index in [-0.39, 0.29) is 18.3 Å². The fourth-order valence-corrected chi connectivity index (χ4v) is 4.78. The molecular formula is C23H32IN3O4. The van der Waals surface area contributed by atoms with E-state index in [1.807, 2.05) is 30.4 Å². The Balaban J connectivity index is 1.73. The van der Waals surface area contributed by atoms with Gasteiger partial charge in [0.1, 0.15) is 0 Å². The number of carbonyl (C=O) groups excluding carboxylic acids is 1. The van der Waals surface area contributed by atoms with Crippen LogP contribution in [0.25, 0.3) is 10.4 Å². The lowest BCUT2D eigenvalue weighted by atomic mass is 9.76. The van der Waals surface area contributed by atoms with Gasteiger partial charge in [0, 0.05) is 8.48 Å². The van der Waals surface area contributed by atoms with Crippen molar-refractivity contribution < 1.29 is 19.7 Å². The van der Waals surface area contributed by atoms with Crippen molar-refractivity contribution in [3.63, 3.8) is 0 Å². The molecule has 0 aliphatic heterocycles. The molecule has 1 aliphatic carbocycles. The number of nitrogens with zero attached hydrogens (tertiary/aromatic N) is 3. The number of esters is 1. The van der Waals surface area contributed by atoms with Gasteiger partial charge in [0.05, 0.1) is 30.4 Å². The summed E-state index contributed by atoms with van der Waals surface area (Å²) < 4.78 is 5.91. The molecule has 0 radical (unpaired) electrons. The van der Waals surface area contributed by atoms with Crippen LogP contribution in [0, 0.1) is 9.49 Å². The number of aliphatic hydroxyl groups is 2. The minimum absolute atomic E-state index is 0.0382. The third-order valence-corrected chi connectivity index (χ3v) is 6.49. The molecule has 0 amide bonds. The molecule has 8 heteroatoms. The van der Waals surface area contributed by atoms with E-state index in [9.17, 15) is 15.0 Å². The molecule has 0 spiro atoms. The van der Waals surface area contributed by atoms with Crippen molar-refractivity contribution in [1.82, 2.24) is 0 Å². The standard InChI is InChI=1S/C23H32IN3O4/c1-2-31-22(29)16-23(30)13-5-7-18(15-23)9-11-19(28)8-4-3-6-17-10-12-21(26-27-25)20(24)14-17/h9-12,14,18-19,28,30H,2-8,13,15-16H2,1H3/b11-9+/t18-,19?,23-/m1/s1. The monoisotopic (exact) mass is 541 g/mol. The van der Waals surface area contributed by atoms with Crippen LogP contribution in [0.3, 0.4) is 0 Å². The van der Waals surface area contributed by atoms with Crippen molar-refractivity contribution >= 4 is 34.2 Å². The van der Waals surface area contributed by atoms with Crippen LogP contribution in [0.2, 0.25) is 0 Å². The Bertz CT molecular complexity index is 810. The number of aryl methyl sites for hydroxylation is 1. The Hall–Kier alpha value is -1.61. The fraction of sp³-hybridized carbons (Fsp3) is 0.609. The molecule has 2 rings (SSSR count). The summed E-state index contributed by atoms with van der Waals surface area (Å²) in [4.78, 5) is 14.6. The molecule has 1 saturated carbocycles.